The van der Waals surface area contributed by atoms with E-state index in [1.165, 1.54) is 36.4 Å². The summed E-state index contributed by atoms with van der Waals surface area (Å²) in [5.74, 6) is 5.36. The highest BCUT2D eigenvalue weighted by Gasteiger charge is 2.22. The third-order valence-corrected chi connectivity index (χ3v) is 2.91. The van der Waals surface area contributed by atoms with Crippen molar-refractivity contribution in [2.24, 2.45) is 5.84 Å². The fourth-order valence-electron chi connectivity index (χ4n) is 1.94. The molecule has 0 atom stereocenters. The number of nitro groups is 1. The van der Waals surface area contributed by atoms with Crippen LogP contribution in [0.5, 0.6) is 0 Å². The van der Waals surface area contributed by atoms with Gasteiger partial charge < -0.3 is 10.3 Å². The van der Waals surface area contributed by atoms with Crippen LogP contribution in [0.4, 0.5) is 27.4 Å². The first kappa shape index (κ1) is 14.7. The maximum atomic E-state index is 13.0. The van der Waals surface area contributed by atoms with Crippen LogP contribution in [0.25, 0.3) is 0 Å². The summed E-state index contributed by atoms with van der Waals surface area (Å²) in [6.45, 7) is 2.24. The smallest absolute Gasteiger partial charge is 0.312 e. The lowest BCUT2D eigenvalue weighted by Crippen LogP contribution is -2.20. The molecule has 0 amide bonds. The van der Waals surface area contributed by atoms with Crippen LogP contribution in [-0.2, 0) is 0 Å². The van der Waals surface area contributed by atoms with Crippen molar-refractivity contribution in [3.05, 3.63) is 52.3 Å². The molecule has 0 aliphatic heterocycles. The topological polar surface area (TPSA) is 97.3 Å². The summed E-state index contributed by atoms with van der Waals surface area (Å²) in [7, 11) is 0. The van der Waals surface area contributed by atoms with Crippen LogP contribution in [-0.4, -0.2) is 16.5 Å². The van der Waals surface area contributed by atoms with Crippen molar-refractivity contribution in [3.8, 4) is 0 Å². The van der Waals surface area contributed by atoms with Crippen LogP contribution in [0.2, 0.25) is 0 Å². The first-order valence-corrected chi connectivity index (χ1v) is 6.22. The van der Waals surface area contributed by atoms with Crippen molar-refractivity contribution in [1.29, 1.82) is 0 Å². The van der Waals surface area contributed by atoms with E-state index in [1.54, 1.807) is 4.90 Å². The summed E-state index contributed by atoms with van der Waals surface area (Å²) in [6, 6.07) is 8.38. The molecule has 0 aliphatic rings. The number of rotatable bonds is 5. The molecule has 0 radical (unpaired) electrons. The van der Waals surface area contributed by atoms with E-state index in [9.17, 15) is 14.5 Å². The molecule has 0 aliphatic carbocycles. The quantitative estimate of drug-likeness (QED) is 0.499. The zero-order valence-corrected chi connectivity index (χ0v) is 11.3. The Kier molecular flexibility index (Phi) is 4.29. The van der Waals surface area contributed by atoms with Gasteiger partial charge in [-0.3, -0.25) is 10.1 Å². The lowest BCUT2D eigenvalue weighted by Gasteiger charge is -2.22. The fourth-order valence-corrected chi connectivity index (χ4v) is 1.94. The summed E-state index contributed by atoms with van der Waals surface area (Å²) >= 11 is 0. The number of anilines is 3. The summed E-state index contributed by atoms with van der Waals surface area (Å²) in [6.07, 6.45) is 0. The summed E-state index contributed by atoms with van der Waals surface area (Å²) in [5.41, 5.74) is 2.80. The molecule has 1 aromatic carbocycles. The van der Waals surface area contributed by atoms with Gasteiger partial charge in [0.15, 0.2) is 0 Å². The van der Waals surface area contributed by atoms with Crippen molar-refractivity contribution in [3.63, 3.8) is 0 Å². The first-order chi connectivity index (χ1) is 10.1. The van der Waals surface area contributed by atoms with E-state index in [0.29, 0.717) is 18.1 Å². The van der Waals surface area contributed by atoms with E-state index >= 15 is 0 Å². The highest BCUT2D eigenvalue weighted by Crippen LogP contribution is 2.32. The molecule has 1 aromatic heterocycles. The molecule has 2 rings (SSSR count). The Morgan fingerprint density at radius 1 is 1.33 bits per heavy atom. The number of aromatic nitrogens is 1. The molecule has 0 unspecified atom stereocenters. The number of halogens is 1. The van der Waals surface area contributed by atoms with Gasteiger partial charge in [-0.2, -0.15) is 0 Å². The summed E-state index contributed by atoms with van der Waals surface area (Å²) in [4.78, 5) is 16.4. The molecule has 0 spiro atoms. The number of benzene rings is 1. The lowest BCUT2D eigenvalue weighted by molar-refractivity contribution is -0.384. The van der Waals surface area contributed by atoms with Crippen molar-refractivity contribution in [2.75, 3.05) is 16.9 Å². The normalized spacial score (nSPS) is 10.2. The Labute approximate surface area is 120 Å². The second kappa shape index (κ2) is 6.14. The van der Waals surface area contributed by atoms with Gasteiger partial charge in [-0.05, 0) is 37.3 Å². The van der Waals surface area contributed by atoms with Gasteiger partial charge in [0, 0.05) is 18.3 Å². The van der Waals surface area contributed by atoms with Crippen LogP contribution in [0.1, 0.15) is 6.92 Å². The standard InChI is InChI=1S/C13H14FN5O2/c1-2-18(10-5-3-9(14)4-6-10)13-11(19(20)21)7-8-12(16-13)17-15/h3-8H,2,15H2,1H3,(H,16,17). The largest absolute Gasteiger partial charge is 0.321 e. The minimum atomic E-state index is -0.519. The molecule has 7 nitrogen and oxygen atoms in total. The van der Waals surface area contributed by atoms with Crippen molar-refractivity contribution < 1.29 is 9.31 Å². The number of pyridine rings is 1. The van der Waals surface area contributed by atoms with Crippen molar-refractivity contribution in [1.82, 2.24) is 4.98 Å². The molecule has 110 valence electrons. The van der Waals surface area contributed by atoms with E-state index < -0.39 is 4.92 Å². The molecule has 0 saturated heterocycles. The Balaban J connectivity index is 2.54. The molecule has 0 bridgehead atoms. The Morgan fingerprint density at radius 3 is 2.52 bits per heavy atom. The fraction of sp³-hybridized carbons (Fsp3) is 0.154. The molecule has 21 heavy (non-hydrogen) atoms. The highest BCUT2D eigenvalue weighted by atomic mass is 19.1. The number of nitrogen functional groups attached to an aromatic ring is 1. The average molecular weight is 291 g/mol. The van der Waals surface area contributed by atoms with Crippen molar-refractivity contribution in [2.45, 2.75) is 6.92 Å². The minimum Gasteiger partial charge on any atom is -0.321 e. The first-order valence-electron chi connectivity index (χ1n) is 6.22. The van der Waals surface area contributed by atoms with Gasteiger partial charge in [-0.15, -0.1) is 0 Å². The van der Waals surface area contributed by atoms with Gasteiger partial charge in [0.05, 0.1) is 4.92 Å². The molecular weight excluding hydrogens is 277 g/mol. The SMILES string of the molecule is CCN(c1ccc(F)cc1)c1nc(NN)ccc1[N+](=O)[O-]. The van der Waals surface area contributed by atoms with Gasteiger partial charge >= 0.3 is 5.69 Å². The molecule has 0 fully saturated rings. The second-order valence-corrected chi connectivity index (χ2v) is 4.16. The zero-order valence-electron chi connectivity index (χ0n) is 11.3. The molecule has 8 heteroatoms. The van der Waals surface area contributed by atoms with E-state index in [1.807, 2.05) is 6.92 Å². The molecule has 2 aromatic rings. The Hall–Kier alpha value is -2.74. The van der Waals surface area contributed by atoms with Crippen LogP contribution in [0.3, 0.4) is 0 Å². The van der Waals surface area contributed by atoms with Crippen LogP contribution < -0.4 is 16.2 Å². The maximum absolute atomic E-state index is 13.0. The average Bonchev–Trinajstić information content (AvgIpc) is 2.49. The van der Waals surface area contributed by atoms with E-state index in [-0.39, 0.29) is 17.3 Å². The van der Waals surface area contributed by atoms with Gasteiger partial charge in [-0.25, -0.2) is 15.2 Å². The summed E-state index contributed by atoms with van der Waals surface area (Å²) in [5, 5.41) is 11.2. The number of nitrogens with zero attached hydrogens (tertiary/aromatic N) is 3. The molecule has 1 heterocycles. The van der Waals surface area contributed by atoms with E-state index in [0.717, 1.165) is 0 Å². The van der Waals surface area contributed by atoms with E-state index in [4.69, 9.17) is 5.84 Å². The zero-order chi connectivity index (χ0) is 15.4. The maximum Gasteiger partial charge on any atom is 0.312 e. The van der Waals surface area contributed by atoms with E-state index in [2.05, 4.69) is 10.4 Å². The van der Waals surface area contributed by atoms with Crippen LogP contribution in [0, 0.1) is 15.9 Å². The predicted octanol–water partition coefficient (Wildman–Crippen LogP) is 2.57. The monoisotopic (exact) mass is 291 g/mol. The Bertz CT molecular complexity index is 648. The van der Waals surface area contributed by atoms with Gasteiger partial charge in [0.1, 0.15) is 11.6 Å². The number of hydrogen-bond donors (Lipinski definition) is 2. The predicted molar refractivity (Wildman–Crippen MR) is 77.8 cm³/mol. The summed E-state index contributed by atoms with van der Waals surface area (Å²) < 4.78 is 13.0. The number of hydrazine groups is 1. The van der Waals surface area contributed by atoms with Crippen LogP contribution in [0.15, 0.2) is 36.4 Å². The van der Waals surface area contributed by atoms with Gasteiger partial charge in [-0.1, -0.05) is 0 Å². The third kappa shape index (κ3) is 3.06. The number of nitrogens with one attached hydrogen (secondary N) is 1. The van der Waals surface area contributed by atoms with Crippen LogP contribution >= 0.6 is 0 Å². The lowest BCUT2D eigenvalue weighted by atomic mass is 10.2. The molecular formula is C13H14FN5O2. The highest BCUT2D eigenvalue weighted by molar-refractivity contribution is 5.70. The molecule has 0 saturated carbocycles. The minimum absolute atomic E-state index is 0.143. The van der Waals surface area contributed by atoms with Gasteiger partial charge in [0.25, 0.3) is 0 Å². The second-order valence-electron chi connectivity index (χ2n) is 4.16. The number of hydrogen-bond acceptors (Lipinski definition) is 6. The Morgan fingerprint density at radius 2 is 2.00 bits per heavy atom. The number of nitrogens with two attached hydrogens (primary N) is 1. The van der Waals surface area contributed by atoms with Gasteiger partial charge in [0.2, 0.25) is 5.82 Å². The van der Waals surface area contributed by atoms with Crippen molar-refractivity contribution >= 4 is 23.0 Å². The third-order valence-electron chi connectivity index (χ3n) is 2.91. The molecule has 3 N–H and O–H groups in total.